The first-order valence-corrected chi connectivity index (χ1v) is 7.35. The van der Waals surface area contributed by atoms with Gasteiger partial charge in [0.05, 0.1) is 12.3 Å². The third-order valence-electron chi connectivity index (χ3n) is 3.71. The van der Waals surface area contributed by atoms with Crippen LogP contribution in [0.15, 0.2) is 11.2 Å². The summed E-state index contributed by atoms with van der Waals surface area (Å²) in [5.74, 6) is -0.175. The lowest BCUT2D eigenvalue weighted by molar-refractivity contribution is -0.121. The summed E-state index contributed by atoms with van der Waals surface area (Å²) >= 11 is 0. The van der Waals surface area contributed by atoms with E-state index in [2.05, 4.69) is 10.5 Å². The third kappa shape index (κ3) is 3.27. The van der Waals surface area contributed by atoms with Gasteiger partial charge in [-0.1, -0.05) is 6.92 Å². The molecule has 0 aliphatic carbocycles. The number of nitrogens with zero attached hydrogens (tertiary/aromatic N) is 1. The van der Waals surface area contributed by atoms with Crippen LogP contribution in [0.5, 0.6) is 5.75 Å². The monoisotopic (exact) mass is 308 g/mol. The highest BCUT2D eigenvalue weighted by Crippen LogP contribution is 2.30. The molecule has 120 valence electrons. The summed E-state index contributed by atoms with van der Waals surface area (Å²) in [7, 11) is 0. The highest BCUT2D eigenvalue weighted by Gasteiger charge is 2.26. The maximum Gasteiger partial charge on any atom is 0.240 e. The molecule has 1 unspecified atom stereocenters. The number of amides is 1. The second-order valence-corrected chi connectivity index (χ2v) is 5.57. The van der Waals surface area contributed by atoms with Crippen LogP contribution in [0.1, 0.15) is 36.5 Å². The Labute approximate surface area is 129 Å². The van der Waals surface area contributed by atoms with Crippen LogP contribution in [-0.4, -0.2) is 29.9 Å². The van der Waals surface area contributed by atoms with Crippen molar-refractivity contribution in [2.45, 2.75) is 33.6 Å². The lowest BCUT2D eigenvalue weighted by Gasteiger charge is -2.22. The number of aryl methyl sites for hydroxylation is 1. The van der Waals surface area contributed by atoms with E-state index in [1.165, 1.54) is 0 Å². The number of halogens is 1. The zero-order valence-corrected chi connectivity index (χ0v) is 13.1. The molecule has 0 fully saturated rings. The number of carbonyl (C=O) groups is 1. The first kappa shape index (κ1) is 16.4. The van der Waals surface area contributed by atoms with E-state index >= 15 is 0 Å². The number of rotatable bonds is 5. The molecule has 2 rings (SSSR count). The minimum Gasteiger partial charge on any atom is -0.493 e. The summed E-state index contributed by atoms with van der Waals surface area (Å²) in [5, 5.41) is 12.8. The molecule has 0 bridgehead atoms. The van der Waals surface area contributed by atoms with E-state index in [1.807, 2.05) is 13.8 Å². The number of carbonyl (C=O) groups excluding carboxylic acids is 1. The SMILES string of the molecule is Cc1cc(C2=NNC(=O)CC2C)c(F)c(C)c1OCCCO. The molecule has 0 saturated carbocycles. The fourth-order valence-corrected chi connectivity index (χ4v) is 2.57. The first-order valence-electron chi connectivity index (χ1n) is 7.35. The van der Waals surface area contributed by atoms with Gasteiger partial charge in [-0.3, -0.25) is 4.79 Å². The molecular weight excluding hydrogens is 287 g/mol. The predicted molar refractivity (Wildman–Crippen MR) is 81.5 cm³/mol. The number of benzene rings is 1. The largest absolute Gasteiger partial charge is 0.493 e. The van der Waals surface area contributed by atoms with Gasteiger partial charge < -0.3 is 9.84 Å². The molecule has 1 atom stereocenters. The van der Waals surface area contributed by atoms with Crippen molar-refractivity contribution >= 4 is 11.6 Å². The topological polar surface area (TPSA) is 70.9 Å². The predicted octanol–water partition coefficient (Wildman–Crippen LogP) is 2.06. The Bertz CT molecular complexity index is 614. The summed E-state index contributed by atoms with van der Waals surface area (Å²) in [5.41, 5.74) is 4.57. The van der Waals surface area contributed by atoms with Crippen molar-refractivity contribution in [3.8, 4) is 5.75 Å². The molecule has 22 heavy (non-hydrogen) atoms. The van der Waals surface area contributed by atoms with Gasteiger partial charge in [-0.15, -0.1) is 0 Å². The molecule has 2 N–H and O–H groups in total. The maximum atomic E-state index is 14.7. The molecule has 0 aromatic heterocycles. The van der Waals surface area contributed by atoms with E-state index < -0.39 is 0 Å². The van der Waals surface area contributed by atoms with Gasteiger partial charge in [0.1, 0.15) is 11.6 Å². The summed E-state index contributed by atoms with van der Waals surface area (Å²) in [6, 6.07) is 1.70. The van der Waals surface area contributed by atoms with Crippen LogP contribution in [0.2, 0.25) is 0 Å². The third-order valence-corrected chi connectivity index (χ3v) is 3.71. The molecule has 0 saturated heterocycles. The number of hydrazone groups is 1. The number of aliphatic hydroxyl groups is 1. The summed E-state index contributed by atoms with van der Waals surface area (Å²) in [4.78, 5) is 11.3. The lowest BCUT2D eigenvalue weighted by Crippen LogP contribution is -2.32. The van der Waals surface area contributed by atoms with Gasteiger partial charge in [-0.2, -0.15) is 5.10 Å². The summed E-state index contributed by atoms with van der Waals surface area (Å²) in [6.07, 6.45) is 0.795. The van der Waals surface area contributed by atoms with Crippen LogP contribution in [0.4, 0.5) is 4.39 Å². The van der Waals surface area contributed by atoms with Crippen molar-refractivity contribution in [2.24, 2.45) is 11.0 Å². The van der Waals surface area contributed by atoms with Gasteiger partial charge in [0.25, 0.3) is 0 Å². The number of hydrogen-bond acceptors (Lipinski definition) is 4. The minimum atomic E-state index is -0.383. The molecule has 1 aromatic rings. The maximum absolute atomic E-state index is 14.7. The van der Waals surface area contributed by atoms with E-state index in [9.17, 15) is 9.18 Å². The van der Waals surface area contributed by atoms with Crippen molar-refractivity contribution < 1.29 is 19.0 Å². The second-order valence-electron chi connectivity index (χ2n) is 5.57. The molecular formula is C16H21FN2O3. The highest BCUT2D eigenvalue weighted by molar-refractivity contribution is 6.06. The minimum absolute atomic E-state index is 0.0344. The Hall–Kier alpha value is -1.95. The van der Waals surface area contributed by atoms with Crippen LogP contribution in [0.25, 0.3) is 0 Å². The average molecular weight is 308 g/mol. The fourth-order valence-electron chi connectivity index (χ4n) is 2.57. The van der Waals surface area contributed by atoms with Crippen LogP contribution in [-0.2, 0) is 4.79 Å². The molecule has 1 aliphatic heterocycles. The van der Waals surface area contributed by atoms with Gasteiger partial charge in [0, 0.05) is 36.5 Å². The van der Waals surface area contributed by atoms with Crippen LogP contribution >= 0.6 is 0 Å². The Morgan fingerprint density at radius 1 is 1.50 bits per heavy atom. The molecule has 1 aromatic carbocycles. The van der Waals surface area contributed by atoms with Gasteiger partial charge in [0.2, 0.25) is 5.91 Å². The number of aliphatic hydroxyl groups excluding tert-OH is 1. The Morgan fingerprint density at radius 2 is 2.23 bits per heavy atom. The molecule has 6 heteroatoms. The number of hydrogen-bond donors (Lipinski definition) is 2. The van der Waals surface area contributed by atoms with Gasteiger partial charge >= 0.3 is 0 Å². The Kier molecular flexibility index (Phi) is 5.13. The first-order chi connectivity index (χ1) is 10.5. The van der Waals surface area contributed by atoms with E-state index in [1.54, 1.807) is 13.0 Å². The van der Waals surface area contributed by atoms with Crippen LogP contribution in [0, 0.1) is 25.6 Å². The van der Waals surface area contributed by atoms with Gasteiger partial charge in [0.15, 0.2) is 0 Å². The van der Waals surface area contributed by atoms with Crippen molar-refractivity contribution in [2.75, 3.05) is 13.2 Å². The van der Waals surface area contributed by atoms with Gasteiger partial charge in [-0.25, -0.2) is 9.82 Å². The quantitative estimate of drug-likeness (QED) is 0.818. The average Bonchev–Trinajstić information content (AvgIpc) is 2.47. The van der Waals surface area contributed by atoms with E-state index in [0.717, 1.165) is 5.56 Å². The lowest BCUT2D eigenvalue weighted by atomic mass is 9.91. The molecule has 1 aliphatic rings. The van der Waals surface area contributed by atoms with Crippen molar-refractivity contribution in [3.05, 3.63) is 28.6 Å². The number of ether oxygens (including phenoxy) is 1. The number of nitrogens with one attached hydrogen (secondary N) is 1. The molecule has 5 nitrogen and oxygen atoms in total. The Balaban J connectivity index is 2.37. The molecule has 0 spiro atoms. The molecule has 1 heterocycles. The smallest absolute Gasteiger partial charge is 0.240 e. The zero-order chi connectivity index (χ0) is 16.3. The Morgan fingerprint density at radius 3 is 2.86 bits per heavy atom. The zero-order valence-electron chi connectivity index (χ0n) is 13.1. The van der Waals surface area contributed by atoms with E-state index in [0.29, 0.717) is 42.0 Å². The fraction of sp³-hybridized carbons (Fsp3) is 0.500. The van der Waals surface area contributed by atoms with Crippen molar-refractivity contribution in [3.63, 3.8) is 0 Å². The van der Waals surface area contributed by atoms with Crippen LogP contribution in [0.3, 0.4) is 0 Å². The summed E-state index contributed by atoms with van der Waals surface area (Å²) < 4.78 is 20.2. The molecule has 1 amide bonds. The van der Waals surface area contributed by atoms with E-state index in [-0.39, 0.29) is 24.2 Å². The van der Waals surface area contributed by atoms with Crippen molar-refractivity contribution in [1.29, 1.82) is 0 Å². The van der Waals surface area contributed by atoms with E-state index in [4.69, 9.17) is 9.84 Å². The summed E-state index contributed by atoms with van der Waals surface area (Å²) in [6.45, 7) is 5.73. The van der Waals surface area contributed by atoms with Crippen LogP contribution < -0.4 is 10.2 Å². The molecule has 0 radical (unpaired) electrons. The standard InChI is InChI=1S/C16H21FN2O3/c1-9-8-13(21)18-19-15(9)12-7-10(2)16(11(3)14(12)17)22-6-4-5-20/h7,9,20H,4-6,8H2,1-3H3,(H,18,21). The second kappa shape index (κ2) is 6.87. The highest BCUT2D eigenvalue weighted by atomic mass is 19.1. The normalized spacial score (nSPS) is 18.0. The van der Waals surface area contributed by atoms with Crippen molar-refractivity contribution in [1.82, 2.24) is 5.43 Å². The van der Waals surface area contributed by atoms with Gasteiger partial charge in [-0.05, 0) is 25.5 Å².